The highest BCUT2D eigenvalue weighted by Crippen LogP contribution is 2.43. The summed E-state index contributed by atoms with van der Waals surface area (Å²) < 4.78 is 14.6. The van der Waals surface area contributed by atoms with Crippen LogP contribution < -0.4 is 9.47 Å². The lowest BCUT2D eigenvalue weighted by Crippen LogP contribution is -2.12. The molecule has 4 aromatic rings. The first-order valence-electron chi connectivity index (χ1n) is 11.8. The van der Waals surface area contributed by atoms with Gasteiger partial charge in [0.05, 0.1) is 11.1 Å². The summed E-state index contributed by atoms with van der Waals surface area (Å²) >= 11 is 4.90. The largest absolute Gasteiger partial charge is 0.490 e. The molecule has 0 aliphatic carbocycles. The zero-order valence-electron chi connectivity index (χ0n) is 20.8. The standard InChI is InChI=1S/C27H27BrN4O4S/c1-4-35-24-15-21(14-23(28)26(24)36-17-20-8-6-5-7-9-20)25(16-31(33)34)37-27-30-29-19(3)32(27)22-12-10-18(2)11-13-22/h5-15,25H,4,16-17H2,1-3H3/t25-/m1/s1. The van der Waals surface area contributed by atoms with Crippen LogP contribution >= 0.6 is 27.7 Å². The third-order valence-corrected chi connectivity index (χ3v) is 7.35. The van der Waals surface area contributed by atoms with Crippen LogP contribution in [-0.2, 0) is 6.61 Å². The molecule has 0 unspecified atom stereocenters. The molecule has 0 bridgehead atoms. The predicted molar refractivity (Wildman–Crippen MR) is 147 cm³/mol. The molecule has 3 aromatic carbocycles. The van der Waals surface area contributed by atoms with Gasteiger partial charge in [0.25, 0.3) is 0 Å². The molecule has 0 saturated heterocycles. The van der Waals surface area contributed by atoms with Crippen molar-refractivity contribution < 1.29 is 14.4 Å². The lowest BCUT2D eigenvalue weighted by Gasteiger charge is -2.19. The summed E-state index contributed by atoms with van der Waals surface area (Å²) in [4.78, 5) is 11.4. The van der Waals surface area contributed by atoms with Crippen molar-refractivity contribution in [1.82, 2.24) is 14.8 Å². The number of hydrogen-bond acceptors (Lipinski definition) is 7. The van der Waals surface area contributed by atoms with Gasteiger partial charge in [0.1, 0.15) is 17.7 Å². The number of halogens is 1. The van der Waals surface area contributed by atoms with E-state index in [-0.39, 0.29) is 11.5 Å². The van der Waals surface area contributed by atoms with Crippen molar-refractivity contribution in [3.63, 3.8) is 0 Å². The monoisotopic (exact) mass is 582 g/mol. The molecule has 8 nitrogen and oxygen atoms in total. The first-order chi connectivity index (χ1) is 17.9. The second kappa shape index (κ2) is 12.2. The number of rotatable bonds is 11. The maximum atomic E-state index is 11.7. The molecule has 0 aliphatic rings. The highest BCUT2D eigenvalue weighted by Gasteiger charge is 2.26. The maximum Gasteiger partial charge on any atom is 0.220 e. The van der Waals surface area contributed by atoms with Crippen molar-refractivity contribution in [2.75, 3.05) is 13.2 Å². The van der Waals surface area contributed by atoms with Gasteiger partial charge in [0.2, 0.25) is 6.54 Å². The Hall–Kier alpha value is -3.37. The highest BCUT2D eigenvalue weighted by molar-refractivity contribution is 9.10. The molecule has 1 atom stereocenters. The zero-order chi connectivity index (χ0) is 26.4. The molecule has 0 fully saturated rings. The van der Waals surface area contributed by atoms with Crippen LogP contribution in [0.5, 0.6) is 11.5 Å². The van der Waals surface area contributed by atoms with E-state index in [9.17, 15) is 10.1 Å². The molecular weight excluding hydrogens is 556 g/mol. The van der Waals surface area contributed by atoms with Crippen LogP contribution in [0.2, 0.25) is 0 Å². The Labute approximate surface area is 228 Å². The van der Waals surface area contributed by atoms with Crippen molar-refractivity contribution in [3.05, 3.63) is 104 Å². The molecule has 4 rings (SSSR count). The van der Waals surface area contributed by atoms with E-state index in [0.717, 1.165) is 22.4 Å². The number of ether oxygens (including phenoxy) is 2. The second-order valence-electron chi connectivity index (χ2n) is 8.36. The second-order valence-corrected chi connectivity index (χ2v) is 10.4. The number of nitrogens with zero attached hydrogens (tertiary/aromatic N) is 4. The fraction of sp³-hybridized carbons (Fsp3) is 0.259. The molecule has 0 spiro atoms. The van der Waals surface area contributed by atoms with E-state index < -0.39 is 5.25 Å². The van der Waals surface area contributed by atoms with E-state index in [1.165, 1.54) is 11.8 Å². The van der Waals surface area contributed by atoms with Gasteiger partial charge >= 0.3 is 0 Å². The van der Waals surface area contributed by atoms with E-state index in [2.05, 4.69) is 26.1 Å². The number of hydrogen-bond donors (Lipinski definition) is 0. The quantitative estimate of drug-likeness (QED) is 0.110. The minimum atomic E-state index is -0.540. The molecule has 0 N–H and O–H groups in total. The molecule has 0 radical (unpaired) electrons. The van der Waals surface area contributed by atoms with Crippen LogP contribution in [0, 0.1) is 24.0 Å². The fourth-order valence-corrected chi connectivity index (χ4v) is 5.52. The Bertz CT molecular complexity index is 1360. The average Bonchev–Trinajstić information content (AvgIpc) is 3.23. The smallest absolute Gasteiger partial charge is 0.220 e. The van der Waals surface area contributed by atoms with Gasteiger partial charge in [0.15, 0.2) is 16.7 Å². The van der Waals surface area contributed by atoms with Gasteiger partial charge in [-0.05, 0) is 72.1 Å². The summed E-state index contributed by atoms with van der Waals surface area (Å²) in [5.74, 6) is 1.78. The molecule has 37 heavy (non-hydrogen) atoms. The van der Waals surface area contributed by atoms with Gasteiger partial charge in [-0.3, -0.25) is 14.7 Å². The third kappa shape index (κ3) is 6.69. The van der Waals surface area contributed by atoms with Crippen LogP contribution in [0.1, 0.15) is 34.7 Å². The fourth-order valence-electron chi connectivity index (χ4n) is 3.79. The minimum Gasteiger partial charge on any atom is -0.490 e. The minimum absolute atomic E-state index is 0.299. The SMILES string of the molecule is CCOc1cc([C@@H](C[N+](=O)[O-])Sc2nnc(C)n2-c2ccc(C)cc2)cc(Br)c1OCc1ccccc1. The summed E-state index contributed by atoms with van der Waals surface area (Å²) in [6.45, 7) is 6.26. The Morgan fingerprint density at radius 1 is 1.05 bits per heavy atom. The normalized spacial score (nSPS) is 11.8. The lowest BCUT2D eigenvalue weighted by molar-refractivity contribution is -0.479. The Morgan fingerprint density at radius 3 is 2.46 bits per heavy atom. The van der Waals surface area contributed by atoms with Gasteiger partial charge < -0.3 is 9.47 Å². The van der Waals surface area contributed by atoms with Gasteiger partial charge in [-0.2, -0.15) is 0 Å². The number of aryl methyl sites for hydroxylation is 2. The van der Waals surface area contributed by atoms with E-state index in [1.807, 2.05) is 92.1 Å². The predicted octanol–water partition coefficient (Wildman–Crippen LogP) is 6.73. The van der Waals surface area contributed by atoms with Gasteiger partial charge in [0, 0.05) is 10.6 Å². The maximum absolute atomic E-state index is 11.7. The van der Waals surface area contributed by atoms with Crippen LogP contribution in [0.4, 0.5) is 0 Å². The molecule has 1 heterocycles. The van der Waals surface area contributed by atoms with Crippen molar-refractivity contribution in [3.8, 4) is 17.2 Å². The Kier molecular flexibility index (Phi) is 8.83. The van der Waals surface area contributed by atoms with Crippen molar-refractivity contribution >= 4 is 27.7 Å². The van der Waals surface area contributed by atoms with Crippen LogP contribution in [0.25, 0.3) is 5.69 Å². The third-order valence-electron chi connectivity index (χ3n) is 5.58. The molecule has 0 saturated carbocycles. The number of nitro groups is 1. The average molecular weight is 584 g/mol. The van der Waals surface area contributed by atoms with Gasteiger partial charge in [-0.1, -0.05) is 59.8 Å². The van der Waals surface area contributed by atoms with E-state index >= 15 is 0 Å². The molecular formula is C27H27BrN4O4S. The molecule has 0 aliphatic heterocycles. The number of aromatic nitrogens is 3. The van der Waals surface area contributed by atoms with Crippen molar-refractivity contribution in [1.29, 1.82) is 0 Å². The lowest BCUT2D eigenvalue weighted by atomic mass is 10.1. The van der Waals surface area contributed by atoms with E-state index in [4.69, 9.17) is 9.47 Å². The van der Waals surface area contributed by atoms with Crippen molar-refractivity contribution in [2.45, 2.75) is 37.8 Å². The summed E-state index contributed by atoms with van der Waals surface area (Å²) in [5, 5.41) is 20.3. The molecule has 10 heteroatoms. The van der Waals surface area contributed by atoms with Gasteiger partial charge in [-0.15, -0.1) is 10.2 Å². The summed E-state index contributed by atoms with van der Waals surface area (Å²) in [5.41, 5.74) is 3.78. The van der Waals surface area contributed by atoms with E-state index in [1.54, 1.807) is 0 Å². The summed E-state index contributed by atoms with van der Waals surface area (Å²) in [6.07, 6.45) is 0. The molecule has 1 aromatic heterocycles. The first-order valence-corrected chi connectivity index (χ1v) is 13.4. The summed E-state index contributed by atoms with van der Waals surface area (Å²) in [6, 6.07) is 21.5. The van der Waals surface area contributed by atoms with Gasteiger partial charge in [-0.25, -0.2) is 0 Å². The Balaban J connectivity index is 1.67. The van der Waals surface area contributed by atoms with Crippen LogP contribution in [-0.4, -0.2) is 32.8 Å². The first kappa shape index (κ1) is 26.7. The topological polar surface area (TPSA) is 92.3 Å². The Morgan fingerprint density at radius 2 is 1.78 bits per heavy atom. The zero-order valence-corrected chi connectivity index (χ0v) is 23.2. The van der Waals surface area contributed by atoms with Crippen molar-refractivity contribution in [2.24, 2.45) is 0 Å². The molecule has 192 valence electrons. The summed E-state index contributed by atoms with van der Waals surface area (Å²) in [7, 11) is 0. The number of benzene rings is 3. The van der Waals surface area contributed by atoms with Crippen LogP contribution in [0.3, 0.4) is 0 Å². The molecule has 0 amide bonds. The van der Waals surface area contributed by atoms with Crippen LogP contribution in [0.15, 0.2) is 76.4 Å². The number of thioether (sulfide) groups is 1. The van der Waals surface area contributed by atoms with E-state index in [0.29, 0.717) is 40.2 Å². The highest BCUT2D eigenvalue weighted by atomic mass is 79.9.